The molecule has 1 unspecified atom stereocenters. The molecule has 1 aromatic heterocycles. The summed E-state index contributed by atoms with van der Waals surface area (Å²) in [6, 6.07) is 14.7. The van der Waals surface area contributed by atoms with Crippen LogP contribution >= 0.6 is 0 Å². The average Bonchev–Trinajstić information content (AvgIpc) is 2.55. The summed E-state index contributed by atoms with van der Waals surface area (Å²) in [6.45, 7) is 2.39. The van der Waals surface area contributed by atoms with Gasteiger partial charge in [-0.15, -0.1) is 0 Å². The van der Waals surface area contributed by atoms with Gasteiger partial charge >= 0.3 is 0 Å². The van der Waals surface area contributed by atoms with Crippen molar-refractivity contribution in [3.8, 4) is 6.07 Å². The minimum absolute atomic E-state index is 0.244. The second-order valence-corrected chi connectivity index (χ2v) is 5.33. The van der Waals surface area contributed by atoms with Crippen LogP contribution in [0, 0.1) is 11.3 Å². The molecule has 0 bridgehead atoms. The number of hydrogen-bond acceptors (Lipinski definition) is 4. The average molecular weight is 278 g/mol. The van der Waals surface area contributed by atoms with Gasteiger partial charge in [0.25, 0.3) is 0 Å². The molecule has 106 valence electrons. The first-order chi connectivity index (χ1) is 10.3. The molecule has 0 fully saturated rings. The zero-order chi connectivity index (χ0) is 14.7. The Labute approximate surface area is 124 Å². The maximum atomic E-state index is 8.95. The van der Waals surface area contributed by atoms with Crippen LogP contribution in [0.5, 0.6) is 0 Å². The van der Waals surface area contributed by atoms with Gasteiger partial charge in [-0.2, -0.15) is 5.26 Å². The minimum Gasteiger partial charge on any atom is -0.329 e. The number of nitrogens with two attached hydrogens (primary N) is 1. The molecule has 2 aromatic rings. The van der Waals surface area contributed by atoms with Crippen LogP contribution in [-0.4, -0.2) is 23.0 Å². The summed E-state index contributed by atoms with van der Waals surface area (Å²) in [5.74, 6) is 0. The predicted molar refractivity (Wildman–Crippen MR) is 81.3 cm³/mol. The highest BCUT2D eigenvalue weighted by Crippen LogP contribution is 2.30. The number of hydrogen-bond donors (Lipinski definition) is 1. The molecule has 0 aliphatic carbocycles. The van der Waals surface area contributed by atoms with Gasteiger partial charge in [0.05, 0.1) is 0 Å². The number of nitriles is 1. The molecule has 21 heavy (non-hydrogen) atoms. The zero-order valence-corrected chi connectivity index (χ0v) is 11.9. The lowest BCUT2D eigenvalue weighted by molar-refractivity contribution is 0.181. The van der Waals surface area contributed by atoms with Gasteiger partial charge in [0.1, 0.15) is 11.8 Å². The van der Waals surface area contributed by atoms with Crippen LogP contribution < -0.4 is 5.73 Å². The van der Waals surface area contributed by atoms with Crippen LogP contribution in [0.3, 0.4) is 0 Å². The molecule has 1 aliphatic heterocycles. The van der Waals surface area contributed by atoms with Crippen LogP contribution in [0.1, 0.15) is 28.4 Å². The lowest BCUT2D eigenvalue weighted by Crippen LogP contribution is -2.38. The number of fused-ring (bicyclic) bond motifs is 1. The van der Waals surface area contributed by atoms with E-state index in [9.17, 15) is 0 Å². The number of pyridine rings is 1. The van der Waals surface area contributed by atoms with E-state index in [0.717, 1.165) is 25.1 Å². The van der Waals surface area contributed by atoms with Crippen molar-refractivity contribution in [3.05, 3.63) is 65.0 Å². The Morgan fingerprint density at radius 2 is 2.19 bits per heavy atom. The molecule has 2 heterocycles. The van der Waals surface area contributed by atoms with E-state index in [-0.39, 0.29) is 6.04 Å². The van der Waals surface area contributed by atoms with Crippen molar-refractivity contribution >= 4 is 0 Å². The third kappa shape index (κ3) is 2.80. The molecule has 0 saturated carbocycles. The van der Waals surface area contributed by atoms with E-state index in [0.29, 0.717) is 12.2 Å². The van der Waals surface area contributed by atoms with Gasteiger partial charge in [0.15, 0.2) is 0 Å². The van der Waals surface area contributed by atoms with Crippen molar-refractivity contribution in [1.82, 2.24) is 9.88 Å². The van der Waals surface area contributed by atoms with E-state index < -0.39 is 0 Å². The summed E-state index contributed by atoms with van der Waals surface area (Å²) in [7, 11) is 0. The summed E-state index contributed by atoms with van der Waals surface area (Å²) < 4.78 is 0. The largest absolute Gasteiger partial charge is 0.329 e. The smallest absolute Gasteiger partial charge is 0.140 e. The fourth-order valence-corrected chi connectivity index (χ4v) is 3.04. The van der Waals surface area contributed by atoms with Crippen molar-refractivity contribution in [2.45, 2.75) is 19.0 Å². The lowest BCUT2D eigenvalue weighted by Gasteiger charge is -2.36. The van der Waals surface area contributed by atoms with Gasteiger partial charge in [-0.1, -0.05) is 24.3 Å². The van der Waals surface area contributed by atoms with Gasteiger partial charge in [-0.3, -0.25) is 4.90 Å². The van der Waals surface area contributed by atoms with Crippen molar-refractivity contribution in [3.63, 3.8) is 0 Å². The summed E-state index contributed by atoms with van der Waals surface area (Å²) in [5, 5.41) is 8.95. The maximum absolute atomic E-state index is 8.95. The molecule has 0 radical (unpaired) electrons. The first-order valence-electron chi connectivity index (χ1n) is 7.19. The predicted octanol–water partition coefficient (Wildman–Crippen LogP) is 2.01. The van der Waals surface area contributed by atoms with Crippen LogP contribution in [0.15, 0.2) is 42.6 Å². The summed E-state index contributed by atoms with van der Waals surface area (Å²) >= 11 is 0. The van der Waals surface area contributed by atoms with Crippen LogP contribution in [0.4, 0.5) is 0 Å². The standard InChI is InChI=1S/C17H18N4/c18-10-15-9-13(5-7-20-15)12-21-8-6-14-3-1-2-4-16(14)17(21)11-19/h1-5,7,9,17H,6,8,11-12,19H2. The van der Waals surface area contributed by atoms with Crippen molar-refractivity contribution < 1.29 is 0 Å². The third-order valence-electron chi connectivity index (χ3n) is 4.07. The second-order valence-electron chi connectivity index (χ2n) is 5.33. The fourth-order valence-electron chi connectivity index (χ4n) is 3.04. The van der Waals surface area contributed by atoms with E-state index in [4.69, 9.17) is 11.0 Å². The Bertz CT molecular complexity index is 674. The Balaban J connectivity index is 1.84. The van der Waals surface area contributed by atoms with Gasteiger partial charge < -0.3 is 5.73 Å². The van der Waals surface area contributed by atoms with Crippen LogP contribution in [0.2, 0.25) is 0 Å². The number of benzene rings is 1. The van der Waals surface area contributed by atoms with E-state index in [1.807, 2.05) is 12.1 Å². The van der Waals surface area contributed by atoms with Gasteiger partial charge in [-0.05, 0) is 35.2 Å². The molecule has 1 atom stereocenters. The number of rotatable bonds is 3. The zero-order valence-electron chi connectivity index (χ0n) is 11.9. The molecule has 1 aliphatic rings. The molecule has 3 rings (SSSR count). The summed E-state index contributed by atoms with van der Waals surface area (Å²) in [6.07, 6.45) is 2.74. The van der Waals surface area contributed by atoms with Gasteiger partial charge in [-0.25, -0.2) is 4.98 Å². The molecule has 4 nitrogen and oxygen atoms in total. The van der Waals surface area contributed by atoms with Gasteiger partial charge in [0.2, 0.25) is 0 Å². The molecular formula is C17H18N4. The quantitative estimate of drug-likeness (QED) is 0.932. The molecular weight excluding hydrogens is 260 g/mol. The molecule has 1 aromatic carbocycles. The third-order valence-corrected chi connectivity index (χ3v) is 4.07. The van der Waals surface area contributed by atoms with E-state index in [2.05, 4.69) is 40.2 Å². The Kier molecular flexibility index (Phi) is 3.96. The van der Waals surface area contributed by atoms with E-state index >= 15 is 0 Å². The Morgan fingerprint density at radius 3 is 3.00 bits per heavy atom. The highest BCUT2D eigenvalue weighted by atomic mass is 15.2. The summed E-state index contributed by atoms with van der Waals surface area (Å²) in [5.41, 5.74) is 10.3. The van der Waals surface area contributed by atoms with E-state index in [1.54, 1.807) is 6.20 Å². The van der Waals surface area contributed by atoms with Crippen LogP contribution in [-0.2, 0) is 13.0 Å². The lowest BCUT2D eigenvalue weighted by atomic mass is 9.92. The van der Waals surface area contributed by atoms with Crippen molar-refractivity contribution in [2.75, 3.05) is 13.1 Å². The normalized spacial score (nSPS) is 18.0. The van der Waals surface area contributed by atoms with Gasteiger partial charge in [0, 0.05) is 31.9 Å². The minimum atomic E-state index is 0.244. The molecule has 4 heteroatoms. The molecule has 2 N–H and O–H groups in total. The first-order valence-corrected chi connectivity index (χ1v) is 7.19. The monoisotopic (exact) mass is 278 g/mol. The maximum Gasteiger partial charge on any atom is 0.140 e. The first kappa shape index (κ1) is 13.7. The topological polar surface area (TPSA) is 65.9 Å². The summed E-state index contributed by atoms with van der Waals surface area (Å²) in [4.78, 5) is 6.41. The molecule has 0 saturated heterocycles. The van der Waals surface area contributed by atoms with Crippen LogP contribution in [0.25, 0.3) is 0 Å². The number of nitrogens with zero attached hydrogens (tertiary/aromatic N) is 3. The molecule has 0 spiro atoms. The van der Waals surface area contributed by atoms with E-state index in [1.165, 1.54) is 11.1 Å². The Morgan fingerprint density at radius 1 is 1.33 bits per heavy atom. The molecule has 0 amide bonds. The highest BCUT2D eigenvalue weighted by Gasteiger charge is 2.25. The SMILES string of the molecule is N#Cc1cc(CN2CCc3ccccc3C2CN)ccn1. The fraction of sp³-hybridized carbons (Fsp3) is 0.294. The van der Waals surface area contributed by atoms with Crippen molar-refractivity contribution in [2.24, 2.45) is 5.73 Å². The number of aromatic nitrogens is 1. The Hall–Kier alpha value is -2.22. The van der Waals surface area contributed by atoms with Crippen molar-refractivity contribution in [1.29, 1.82) is 5.26 Å². The highest BCUT2D eigenvalue weighted by molar-refractivity contribution is 5.33. The second kappa shape index (κ2) is 6.04.